The highest BCUT2D eigenvalue weighted by molar-refractivity contribution is 7.14. The van der Waals surface area contributed by atoms with Crippen LogP contribution in [-0.4, -0.2) is 107 Å². The van der Waals surface area contributed by atoms with Crippen molar-refractivity contribution in [1.29, 1.82) is 5.26 Å². The number of likely N-dealkylation sites (tertiary alicyclic amines) is 1. The van der Waals surface area contributed by atoms with E-state index in [0.29, 0.717) is 29.7 Å². The molecule has 20 heteroatoms. The summed E-state index contributed by atoms with van der Waals surface area (Å²) < 4.78 is 16.5. The van der Waals surface area contributed by atoms with E-state index in [2.05, 4.69) is 47.6 Å². The van der Waals surface area contributed by atoms with Crippen LogP contribution in [-0.2, 0) is 19.2 Å². The second-order valence-corrected chi connectivity index (χ2v) is 21.5. The number of benzene rings is 1. The van der Waals surface area contributed by atoms with E-state index in [1.165, 1.54) is 33.8 Å². The summed E-state index contributed by atoms with van der Waals surface area (Å²) in [4.78, 5) is 66.7. The highest BCUT2D eigenvalue weighted by Gasteiger charge is 2.53. The molecule has 4 amide bonds. The lowest BCUT2D eigenvalue weighted by Gasteiger charge is -2.36. The maximum atomic E-state index is 14.8. The van der Waals surface area contributed by atoms with Gasteiger partial charge in [0, 0.05) is 43.9 Å². The molecule has 1 aromatic carbocycles. The monoisotopic (exact) mass is 986 g/mol. The fourth-order valence-corrected chi connectivity index (χ4v) is 11.2. The van der Waals surface area contributed by atoms with Gasteiger partial charge in [0.25, 0.3) is 5.91 Å². The molecule has 1 saturated heterocycles. The van der Waals surface area contributed by atoms with E-state index >= 15 is 0 Å². The van der Waals surface area contributed by atoms with Gasteiger partial charge in [-0.25, -0.2) is 13.9 Å². The smallest absolute Gasteiger partial charge is 0.258 e. The van der Waals surface area contributed by atoms with Gasteiger partial charge in [0.2, 0.25) is 17.7 Å². The van der Waals surface area contributed by atoms with Crippen LogP contribution in [0, 0.1) is 23.7 Å². The molecule has 5 aromatic heterocycles. The van der Waals surface area contributed by atoms with Gasteiger partial charge in [0.1, 0.15) is 23.2 Å². The molecule has 0 spiro atoms. The first kappa shape index (κ1) is 48.3. The number of hydrogen-bond acceptors (Lipinski definition) is 14. The van der Waals surface area contributed by atoms with Gasteiger partial charge in [-0.15, -0.1) is 21.5 Å². The Balaban J connectivity index is 0.859. The number of alkyl halides is 1. The average Bonchev–Trinajstić information content (AvgIpc) is 3.83. The molecule has 17 nitrogen and oxygen atoms in total. The summed E-state index contributed by atoms with van der Waals surface area (Å²) in [6, 6.07) is 14.1. The van der Waals surface area contributed by atoms with Gasteiger partial charge in [0.15, 0.2) is 10.7 Å². The fraction of sp³-hybridized carbons (Fsp3) is 0.440. The number of nitrogens with one attached hydrogen (secondary N) is 4. The Labute approximate surface area is 412 Å². The molecule has 6 heterocycles. The number of carbonyl (C=O) groups is 4. The number of β-amino-alcohol motifs (C(OH)–C–C–N with tert-alkyl or cyclic N) is 1. The van der Waals surface area contributed by atoms with E-state index in [1.807, 2.05) is 56.4 Å². The number of nitriles is 1. The number of nitrogens with zero attached hydrogens (tertiary/aromatic N) is 8. The Hall–Kier alpha value is -6.69. The van der Waals surface area contributed by atoms with Crippen LogP contribution in [0.5, 0.6) is 0 Å². The van der Waals surface area contributed by atoms with Gasteiger partial charge in [0.05, 0.1) is 68.9 Å². The third-order valence-electron chi connectivity index (χ3n) is 13.6. The zero-order valence-electron chi connectivity index (χ0n) is 39.5. The quantitative estimate of drug-likeness (QED) is 0.0773. The molecule has 4 atom stereocenters. The van der Waals surface area contributed by atoms with Crippen molar-refractivity contribution in [2.75, 3.05) is 18.9 Å². The van der Waals surface area contributed by atoms with Gasteiger partial charge < -0.3 is 31.3 Å². The predicted molar refractivity (Wildman–Crippen MR) is 263 cm³/mol. The number of hydrogen-bond donors (Lipinski definition) is 5. The topological polar surface area (TPSA) is 233 Å². The fourth-order valence-electron chi connectivity index (χ4n) is 9.38. The minimum atomic E-state index is -2.01. The van der Waals surface area contributed by atoms with Crippen LogP contribution in [0.15, 0.2) is 66.4 Å². The van der Waals surface area contributed by atoms with Crippen molar-refractivity contribution in [2.45, 2.75) is 121 Å². The molecule has 3 aliphatic rings. The molecular weight excluding hydrogens is 932 g/mol. The predicted octanol–water partition coefficient (Wildman–Crippen LogP) is 6.64. The molecule has 0 unspecified atom stereocenters. The summed E-state index contributed by atoms with van der Waals surface area (Å²) in [5, 5.41) is 47.5. The number of aliphatic hydroxyl groups is 1. The van der Waals surface area contributed by atoms with Gasteiger partial charge in [-0.05, 0) is 86.3 Å². The summed E-state index contributed by atoms with van der Waals surface area (Å²) >= 11 is 3.04. The average molecular weight is 987 g/mol. The third kappa shape index (κ3) is 10.1. The van der Waals surface area contributed by atoms with Gasteiger partial charge in [-0.3, -0.25) is 24.2 Å². The van der Waals surface area contributed by atoms with Crippen LogP contribution in [0.3, 0.4) is 0 Å². The lowest BCUT2D eigenvalue weighted by atomic mass is 9.85. The van der Waals surface area contributed by atoms with Crippen LogP contribution >= 0.6 is 22.7 Å². The van der Waals surface area contributed by atoms with Crippen molar-refractivity contribution in [3.05, 3.63) is 88.3 Å². The number of thiazole rings is 1. The maximum absolute atomic E-state index is 14.8. The summed E-state index contributed by atoms with van der Waals surface area (Å²) in [7, 11) is 1.84. The Bertz CT molecular complexity index is 2980. The largest absolute Gasteiger partial charge is 0.391 e. The number of amides is 4. The van der Waals surface area contributed by atoms with Crippen LogP contribution in [0.1, 0.15) is 106 Å². The maximum Gasteiger partial charge on any atom is 0.258 e. The van der Waals surface area contributed by atoms with E-state index in [0.717, 1.165) is 61.5 Å². The number of pyridine rings is 1. The van der Waals surface area contributed by atoms with E-state index in [-0.39, 0.29) is 50.1 Å². The Morgan fingerprint density at radius 3 is 2.43 bits per heavy atom. The molecule has 3 fully saturated rings. The minimum absolute atomic E-state index is 0.0482. The number of halogens is 1. The number of rotatable bonds is 14. The first-order chi connectivity index (χ1) is 33.5. The van der Waals surface area contributed by atoms with Crippen LogP contribution in [0.25, 0.3) is 37.9 Å². The van der Waals surface area contributed by atoms with Gasteiger partial charge >= 0.3 is 0 Å². The molecule has 364 valence electrons. The normalized spacial score (nSPS) is 20.6. The number of carbonyl (C=O) groups excluding carboxylic acids is 4. The van der Waals surface area contributed by atoms with Crippen LogP contribution < -0.4 is 21.3 Å². The molecule has 5 N–H and O–H groups in total. The van der Waals surface area contributed by atoms with Crippen LogP contribution in [0.4, 0.5) is 10.1 Å². The van der Waals surface area contributed by atoms with E-state index in [1.54, 1.807) is 43.1 Å². The first-order valence-corrected chi connectivity index (χ1v) is 25.2. The summed E-state index contributed by atoms with van der Waals surface area (Å²) in [6.07, 6.45) is 5.31. The second kappa shape index (κ2) is 19.6. The summed E-state index contributed by atoms with van der Waals surface area (Å²) in [5.41, 5.74) is 5.85. The van der Waals surface area contributed by atoms with Crippen molar-refractivity contribution in [3.8, 4) is 38.5 Å². The highest BCUT2D eigenvalue weighted by atomic mass is 32.1. The van der Waals surface area contributed by atoms with E-state index in [9.17, 15) is 33.9 Å². The van der Waals surface area contributed by atoms with E-state index < -0.39 is 53.0 Å². The van der Waals surface area contributed by atoms with Crippen molar-refractivity contribution < 1.29 is 28.7 Å². The summed E-state index contributed by atoms with van der Waals surface area (Å²) in [6.45, 7) is 7.04. The summed E-state index contributed by atoms with van der Waals surface area (Å²) in [5.74, 6) is -2.10. The lowest BCUT2D eigenvalue weighted by Crippen LogP contribution is -2.59. The Morgan fingerprint density at radius 2 is 1.76 bits per heavy atom. The number of aliphatic hydroxyl groups excluding tert-OH is 1. The minimum Gasteiger partial charge on any atom is -0.391 e. The molecule has 2 saturated carbocycles. The SMILES string of the molecule is CNc1cc(-c2ccc3cc(C#N)cnn23)ncc1-c1nnc(C2CCC(NC(=O)C[C@H](NC(=O)[C@@H]3C[C@@H](O)CN3C(=O)[C@@H](NC(=O)C3(F)CC3)C(C)(C)C)c3ccc(-c4scnc4C)cc3)CC2)s1. The number of anilines is 1. The standard InChI is InChI=1S/C50H55FN12O5S2/c1-27-42(69-26-55-27)30-8-6-29(7-9-30)36(58-44(66)40-19-34(64)25-62(40)47(67)43(49(2,3)4)59-48(68)50(51)16-17-50)21-41(65)57-32-12-10-31(11-13-32)45-60-61-46(70-45)35-24-54-38(20-37(35)53-5)39-15-14-33-18-28(22-52)23-56-63(33)39/h6-9,14-15,18,20,23-24,26,31-32,34,36,40,43,64H,10-13,16-17,19,21,25H2,1-5H3,(H,53,54)(H,57,65)(H,58,66)(H,59,68)/t31?,32?,34-,36+,40+,43-/m1/s1. The van der Waals surface area contributed by atoms with Crippen LogP contribution in [0.2, 0.25) is 0 Å². The highest BCUT2D eigenvalue weighted by Crippen LogP contribution is 2.41. The molecule has 6 aromatic rings. The molecular formula is C50H55FN12O5S2. The second-order valence-electron chi connectivity index (χ2n) is 19.6. The molecule has 0 bridgehead atoms. The lowest BCUT2D eigenvalue weighted by molar-refractivity contribution is -0.145. The van der Waals surface area contributed by atoms with Crippen molar-refractivity contribution in [3.63, 3.8) is 0 Å². The van der Waals surface area contributed by atoms with Crippen molar-refractivity contribution in [2.24, 2.45) is 5.41 Å². The third-order valence-corrected chi connectivity index (χ3v) is 15.7. The van der Waals surface area contributed by atoms with E-state index in [4.69, 9.17) is 4.98 Å². The molecule has 1 aliphatic heterocycles. The zero-order chi connectivity index (χ0) is 49.5. The first-order valence-electron chi connectivity index (χ1n) is 23.5. The zero-order valence-corrected chi connectivity index (χ0v) is 41.2. The molecule has 70 heavy (non-hydrogen) atoms. The van der Waals surface area contributed by atoms with Gasteiger partial charge in [-0.2, -0.15) is 10.4 Å². The Kier molecular flexibility index (Phi) is 13.5. The van der Waals surface area contributed by atoms with Crippen molar-refractivity contribution >= 4 is 57.5 Å². The van der Waals surface area contributed by atoms with Gasteiger partial charge in [-0.1, -0.05) is 56.4 Å². The number of aromatic nitrogens is 6. The molecule has 2 aliphatic carbocycles. The molecule has 0 radical (unpaired) electrons. The number of aryl methyl sites for hydroxylation is 1. The van der Waals surface area contributed by atoms with Crippen molar-refractivity contribution in [1.82, 2.24) is 50.6 Å². The number of fused-ring (bicyclic) bond motifs is 1. The Morgan fingerprint density at radius 1 is 1.00 bits per heavy atom. The molecule has 9 rings (SSSR count).